The van der Waals surface area contributed by atoms with Gasteiger partial charge in [0.15, 0.2) is 0 Å². The number of pyridine rings is 1. The highest BCUT2D eigenvalue weighted by atomic mass is 35.5. The number of benzene rings is 1. The number of piperazine rings is 1. The third kappa shape index (κ3) is 9.31. The van der Waals surface area contributed by atoms with Crippen LogP contribution in [0.25, 0.3) is 0 Å². The first-order valence-corrected chi connectivity index (χ1v) is 12.7. The fourth-order valence-electron chi connectivity index (χ4n) is 3.61. The van der Waals surface area contributed by atoms with Crippen LogP contribution in [0, 0.1) is 0 Å². The molecule has 1 aliphatic heterocycles. The van der Waals surface area contributed by atoms with Crippen molar-refractivity contribution in [3.63, 3.8) is 0 Å². The molecule has 0 aliphatic carbocycles. The van der Waals surface area contributed by atoms with Crippen molar-refractivity contribution in [2.75, 3.05) is 31.1 Å². The molecule has 0 spiro atoms. The van der Waals surface area contributed by atoms with Gasteiger partial charge in [0, 0.05) is 44.5 Å². The number of ether oxygens (including phenoxy) is 3. The van der Waals surface area contributed by atoms with E-state index >= 15 is 0 Å². The molecule has 1 aliphatic rings. The van der Waals surface area contributed by atoms with Crippen molar-refractivity contribution in [2.45, 2.75) is 65.9 Å². The maximum absolute atomic E-state index is 12.3. The average Bonchev–Trinajstić information content (AvgIpc) is 2.80. The minimum absolute atomic E-state index is 0.294. The summed E-state index contributed by atoms with van der Waals surface area (Å²) in [5.74, 6) is 1.35. The van der Waals surface area contributed by atoms with Crippen molar-refractivity contribution in [3.8, 4) is 5.75 Å². The van der Waals surface area contributed by atoms with Crippen molar-refractivity contribution < 1.29 is 23.8 Å². The smallest absolute Gasteiger partial charge is 0.410 e. The van der Waals surface area contributed by atoms with Crippen molar-refractivity contribution in [1.29, 1.82) is 0 Å². The van der Waals surface area contributed by atoms with E-state index in [4.69, 9.17) is 25.8 Å². The molecule has 0 saturated carbocycles. The Morgan fingerprint density at radius 1 is 0.973 bits per heavy atom. The van der Waals surface area contributed by atoms with Crippen molar-refractivity contribution >= 4 is 29.6 Å². The number of nitrogens with zero attached hydrogens (tertiary/aromatic N) is 3. The largest absolute Gasteiger partial charge is 0.489 e. The predicted molar refractivity (Wildman–Crippen MR) is 143 cm³/mol. The zero-order valence-corrected chi connectivity index (χ0v) is 23.2. The van der Waals surface area contributed by atoms with Crippen molar-refractivity contribution in [3.05, 3.63) is 52.7 Å². The van der Waals surface area contributed by atoms with Crippen LogP contribution in [0.2, 0.25) is 5.02 Å². The second-order valence-electron chi connectivity index (χ2n) is 10.9. The van der Waals surface area contributed by atoms with E-state index in [-0.39, 0.29) is 6.09 Å². The van der Waals surface area contributed by atoms with Gasteiger partial charge in [0.1, 0.15) is 29.4 Å². The lowest BCUT2D eigenvalue weighted by Crippen LogP contribution is -2.50. The normalized spacial score (nSPS) is 14.2. The monoisotopic (exact) mass is 532 g/mol. The zero-order valence-electron chi connectivity index (χ0n) is 22.5. The number of anilines is 1. The van der Waals surface area contributed by atoms with Crippen LogP contribution in [0.3, 0.4) is 0 Å². The summed E-state index contributed by atoms with van der Waals surface area (Å²) in [6.45, 7) is 14.0. The van der Waals surface area contributed by atoms with Gasteiger partial charge >= 0.3 is 12.2 Å². The molecule has 0 atom stereocenters. The first-order chi connectivity index (χ1) is 17.3. The number of halogens is 1. The maximum Gasteiger partial charge on any atom is 0.410 e. The fourth-order valence-corrected chi connectivity index (χ4v) is 3.92. The van der Waals surface area contributed by atoms with Gasteiger partial charge in [-0.15, -0.1) is 0 Å². The van der Waals surface area contributed by atoms with E-state index in [9.17, 15) is 9.59 Å². The molecule has 2 heterocycles. The number of rotatable bonds is 6. The molecule has 37 heavy (non-hydrogen) atoms. The lowest BCUT2D eigenvalue weighted by molar-refractivity contribution is 0.0240. The first kappa shape index (κ1) is 28.4. The number of hydrogen-bond acceptors (Lipinski definition) is 7. The number of carbonyl (C=O) groups excluding carboxylic acids is 2. The number of amides is 2. The molecule has 10 heteroatoms. The van der Waals surface area contributed by atoms with Gasteiger partial charge in [0.25, 0.3) is 0 Å². The average molecular weight is 533 g/mol. The lowest BCUT2D eigenvalue weighted by atomic mass is 10.2. The summed E-state index contributed by atoms with van der Waals surface area (Å²) in [4.78, 5) is 32.5. The molecule has 1 N–H and O–H groups in total. The molecule has 3 rings (SSSR count). The Kier molecular flexibility index (Phi) is 9.12. The van der Waals surface area contributed by atoms with Crippen LogP contribution < -0.4 is 15.0 Å². The summed E-state index contributed by atoms with van der Waals surface area (Å²) >= 11 is 6.56. The van der Waals surface area contributed by atoms with Gasteiger partial charge in [0.2, 0.25) is 0 Å². The maximum atomic E-state index is 12.3. The molecular formula is C27H37ClN4O5. The SMILES string of the molecule is CC(C)(C)OC(=O)NCc1cccc(OCc2cnc(N3CCN(C(=O)OC(C)(C)C)CC3)c(Cl)c2)c1. The van der Waals surface area contributed by atoms with Crippen LogP contribution in [0.4, 0.5) is 15.4 Å². The Bertz CT molecular complexity index is 1090. The van der Waals surface area contributed by atoms with Gasteiger partial charge in [-0.05, 0) is 65.3 Å². The van der Waals surface area contributed by atoms with Gasteiger partial charge in [0.05, 0.1) is 5.02 Å². The standard InChI is InChI=1S/C27H37ClN4O5/c1-26(2,3)36-24(33)30-16-19-8-7-9-21(14-19)35-18-20-15-22(28)23(29-17-20)31-10-12-32(13-11-31)25(34)37-27(4,5)6/h7-9,14-15,17H,10-13,16,18H2,1-6H3,(H,30,33). The van der Waals surface area contributed by atoms with Gasteiger partial charge in [-0.3, -0.25) is 0 Å². The summed E-state index contributed by atoms with van der Waals surface area (Å²) < 4.78 is 16.7. The molecule has 0 radical (unpaired) electrons. The highest BCUT2D eigenvalue weighted by molar-refractivity contribution is 6.33. The molecule has 1 saturated heterocycles. The topological polar surface area (TPSA) is 93.2 Å². The van der Waals surface area contributed by atoms with Crippen molar-refractivity contribution in [2.24, 2.45) is 0 Å². The van der Waals surface area contributed by atoms with Gasteiger partial charge in [-0.2, -0.15) is 0 Å². The van der Waals surface area contributed by atoms with Gasteiger partial charge < -0.3 is 29.3 Å². The van der Waals surface area contributed by atoms with Crippen LogP contribution in [0.15, 0.2) is 36.5 Å². The number of nitrogens with one attached hydrogen (secondary N) is 1. The number of alkyl carbamates (subject to hydrolysis) is 1. The molecule has 2 amide bonds. The van der Waals surface area contributed by atoms with Crippen LogP contribution in [0.5, 0.6) is 5.75 Å². The lowest BCUT2D eigenvalue weighted by Gasteiger charge is -2.36. The van der Waals surface area contributed by atoms with Crippen LogP contribution in [-0.4, -0.2) is 59.5 Å². The van der Waals surface area contributed by atoms with E-state index in [2.05, 4.69) is 15.2 Å². The third-order valence-corrected chi connectivity index (χ3v) is 5.53. The first-order valence-electron chi connectivity index (χ1n) is 12.3. The van der Waals surface area contributed by atoms with E-state index < -0.39 is 17.3 Å². The predicted octanol–water partition coefficient (Wildman–Crippen LogP) is 5.40. The molecule has 1 aromatic carbocycles. The highest BCUT2D eigenvalue weighted by Gasteiger charge is 2.27. The molecule has 0 bridgehead atoms. The van der Waals surface area contributed by atoms with Crippen LogP contribution in [0.1, 0.15) is 52.7 Å². The zero-order chi connectivity index (χ0) is 27.2. The van der Waals surface area contributed by atoms with Crippen molar-refractivity contribution in [1.82, 2.24) is 15.2 Å². The number of aromatic nitrogens is 1. The molecule has 1 fully saturated rings. The summed E-state index contributed by atoms with van der Waals surface area (Å²) in [7, 11) is 0. The Morgan fingerprint density at radius 2 is 1.65 bits per heavy atom. The van der Waals surface area contributed by atoms with Gasteiger partial charge in [-0.25, -0.2) is 14.6 Å². The Morgan fingerprint density at radius 3 is 2.27 bits per heavy atom. The molecular weight excluding hydrogens is 496 g/mol. The Labute approximate surface area is 224 Å². The van der Waals surface area contributed by atoms with Crippen LogP contribution in [-0.2, 0) is 22.6 Å². The summed E-state index contributed by atoms with van der Waals surface area (Å²) in [5, 5.41) is 3.27. The Balaban J connectivity index is 1.51. The van der Waals surface area contributed by atoms with Crippen LogP contribution >= 0.6 is 11.6 Å². The minimum atomic E-state index is -0.547. The summed E-state index contributed by atoms with van der Waals surface area (Å²) in [6, 6.07) is 9.33. The number of hydrogen-bond donors (Lipinski definition) is 1. The molecule has 1 aromatic heterocycles. The summed E-state index contributed by atoms with van der Waals surface area (Å²) in [6.07, 6.45) is 0.976. The van der Waals surface area contributed by atoms with E-state index in [0.717, 1.165) is 11.1 Å². The molecule has 0 unspecified atom stereocenters. The Hall–Kier alpha value is -3.20. The molecule has 2 aromatic rings. The minimum Gasteiger partial charge on any atom is -0.489 e. The molecule has 202 valence electrons. The van der Waals surface area contributed by atoms with E-state index in [1.54, 1.807) is 11.1 Å². The third-order valence-electron chi connectivity index (χ3n) is 5.25. The van der Waals surface area contributed by atoms with E-state index in [1.165, 1.54) is 0 Å². The summed E-state index contributed by atoms with van der Waals surface area (Å²) in [5.41, 5.74) is 0.655. The van der Waals surface area contributed by atoms with E-state index in [1.807, 2.05) is 71.9 Å². The second kappa shape index (κ2) is 11.9. The number of carbonyl (C=O) groups is 2. The molecule has 9 nitrogen and oxygen atoms in total. The highest BCUT2D eigenvalue weighted by Crippen LogP contribution is 2.26. The van der Waals surface area contributed by atoms with E-state index in [0.29, 0.717) is 55.9 Å². The quantitative estimate of drug-likeness (QED) is 0.532. The fraction of sp³-hybridized carbons (Fsp3) is 0.519. The van der Waals surface area contributed by atoms with Gasteiger partial charge in [-0.1, -0.05) is 23.7 Å². The second-order valence-corrected chi connectivity index (χ2v) is 11.3.